The minimum absolute atomic E-state index is 0.0384. The molecule has 7 heteroatoms. The summed E-state index contributed by atoms with van der Waals surface area (Å²) in [6.45, 7) is 0. The van der Waals surface area contributed by atoms with Gasteiger partial charge in [-0.05, 0) is 17.7 Å². The number of benzene rings is 1. The summed E-state index contributed by atoms with van der Waals surface area (Å²) < 4.78 is 1.57. The van der Waals surface area contributed by atoms with Crippen LogP contribution in [-0.4, -0.2) is 19.5 Å². The zero-order valence-electron chi connectivity index (χ0n) is 9.65. The second-order valence-electron chi connectivity index (χ2n) is 3.89. The van der Waals surface area contributed by atoms with Gasteiger partial charge in [0.2, 0.25) is 0 Å². The lowest BCUT2D eigenvalue weighted by atomic mass is 10.1. The first-order valence-electron chi connectivity index (χ1n) is 5.41. The Bertz CT molecular complexity index is 763. The molecule has 1 radical (unpaired) electrons. The van der Waals surface area contributed by atoms with Crippen LogP contribution < -0.4 is 5.73 Å². The molecule has 2 N–H and O–H groups in total. The van der Waals surface area contributed by atoms with E-state index in [0.29, 0.717) is 16.9 Å². The van der Waals surface area contributed by atoms with Crippen LogP contribution in [0.4, 0.5) is 11.5 Å². The van der Waals surface area contributed by atoms with Crippen LogP contribution in [0.15, 0.2) is 36.8 Å². The summed E-state index contributed by atoms with van der Waals surface area (Å²) in [7, 11) is 0. The van der Waals surface area contributed by atoms with Crippen molar-refractivity contribution in [3.05, 3.63) is 53.0 Å². The minimum Gasteiger partial charge on any atom is -0.382 e. The molecular formula is C12H8N5O2. The molecule has 3 aromatic rings. The maximum absolute atomic E-state index is 10.6. The molecule has 0 atom stereocenters. The molecule has 1 aromatic carbocycles. The fraction of sp³-hybridized carbons (Fsp3) is 0. The maximum Gasteiger partial charge on any atom is 0.269 e. The van der Waals surface area contributed by atoms with Crippen LogP contribution >= 0.6 is 0 Å². The van der Waals surface area contributed by atoms with Gasteiger partial charge in [0.15, 0.2) is 5.82 Å². The van der Waals surface area contributed by atoms with Gasteiger partial charge in [-0.15, -0.1) is 0 Å². The van der Waals surface area contributed by atoms with Gasteiger partial charge in [-0.1, -0.05) is 0 Å². The summed E-state index contributed by atoms with van der Waals surface area (Å²) in [5, 5.41) is 14.6. The quantitative estimate of drug-likeness (QED) is 0.554. The van der Waals surface area contributed by atoms with Crippen LogP contribution in [-0.2, 0) is 0 Å². The highest BCUT2D eigenvalue weighted by Gasteiger charge is 2.11. The predicted molar refractivity (Wildman–Crippen MR) is 68.3 cm³/mol. The van der Waals surface area contributed by atoms with Crippen LogP contribution in [0.1, 0.15) is 0 Å². The third-order valence-electron chi connectivity index (χ3n) is 2.78. The molecular weight excluding hydrogens is 246 g/mol. The molecule has 7 nitrogen and oxygen atoms in total. The topological polar surface area (TPSA) is 99.3 Å². The van der Waals surface area contributed by atoms with E-state index in [9.17, 15) is 10.1 Å². The van der Waals surface area contributed by atoms with E-state index < -0.39 is 4.92 Å². The Morgan fingerprint density at radius 2 is 2.05 bits per heavy atom. The number of hydrogen-bond acceptors (Lipinski definition) is 5. The van der Waals surface area contributed by atoms with Crippen molar-refractivity contribution < 1.29 is 4.92 Å². The van der Waals surface area contributed by atoms with Crippen molar-refractivity contribution in [3.63, 3.8) is 0 Å². The molecule has 0 bridgehead atoms. The normalized spacial score (nSPS) is 10.7. The van der Waals surface area contributed by atoms with Crippen molar-refractivity contribution in [2.75, 3.05) is 5.73 Å². The van der Waals surface area contributed by atoms with Gasteiger partial charge >= 0.3 is 0 Å². The summed E-state index contributed by atoms with van der Waals surface area (Å²) in [5.74, 6) is 0.338. The van der Waals surface area contributed by atoms with Crippen molar-refractivity contribution in [2.45, 2.75) is 0 Å². The average molecular weight is 254 g/mol. The van der Waals surface area contributed by atoms with E-state index in [1.165, 1.54) is 18.5 Å². The predicted octanol–water partition coefficient (Wildman–Crippen LogP) is 1.69. The van der Waals surface area contributed by atoms with E-state index in [-0.39, 0.29) is 5.69 Å². The number of hydrogen-bond donors (Lipinski definition) is 1. The molecule has 0 unspecified atom stereocenters. The SMILES string of the molecule is Nc1ncnn2c[c]c(-c3ccc([N+](=O)[O-])cc3)c12. The lowest BCUT2D eigenvalue weighted by Gasteiger charge is -2.02. The first kappa shape index (κ1) is 11.1. The number of nitro groups is 1. The molecule has 19 heavy (non-hydrogen) atoms. The first-order valence-corrected chi connectivity index (χ1v) is 5.41. The molecule has 0 aliphatic heterocycles. The summed E-state index contributed by atoms with van der Waals surface area (Å²) >= 11 is 0. The molecule has 2 heterocycles. The Balaban J connectivity index is 2.16. The van der Waals surface area contributed by atoms with Gasteiger partial charge in [0, 0.05) is 30.0 Å². The van der Waals surface area contributed by atoms with E-state index in [1.807, 2.05) is 0 Å². The van der Waals surface area contributed by atoms with E-state index in [4.69, 9.17) is 5.73 Å². The lowest BCUT2D eigenvalue weighted by molar-refractivity contribution is -0.384. The lowest BCUT2D eigenvalue weighted by Crippen LogP contribution is -1.98. The highest BCUT2D eigenvalue weighted by Crippen LogP contribution is 2.28. The number of non-ortho nitro benzene ring substituents is 1. The van der Waals surface area contributed by atoms with Crippen LogP contribution in [0.5, 0.6) is 0 Å². The van der Waals surface area contributed by atoms with Crippen molar-refractivity contribution in [2.24, 2.45) is 0 Å². The molecule has 0 fully saturated rings. The number of nitrogens with zero attached hydrogens (tertiary/aromatic N) is 4. The molecule has 0 spiro atoms. The summed E-state index contributed by atoms with van der Waals surface area (Å²) in [6, 6.07) is 9.20. The van der Waals surface area contributed by atoms with Gasteiger partial charge in [-0.25, -0.2) is 9.50 Å². The fourth-order valence-corrected chi connectivity index (χ4v) is 1.88. The van der Waals surface area contributed by atoms with Gasteiger partial charge in [0.1, 0.15) is 11.8 Å². The van der Waals surface area contributed by atoms with Gasteiger partial charge < -0.3 is 5.73 Å². The maximum atomic E-state index is 10.6. The van der Waals surface area contributed by atoms with Crippen LogP contribution in [0, 0.1) is 16.2 Å². The highest BCUT2D eigenvalue weighted by molar-refractivity contribution is 5.87. The molecule has 0 amide bonds. The molecule has 93 valence electrons. The zero-order chi connectivity index (χ0) is 13.4. The van der Waals surface area contributed by atoms with Gasteiger partial charge in [-0.2, -0.15) is 5.10 Å². The smallest absolute Gasteiger partial charge is 0.269 e. The number of nitrogens with two attached hydrogens (primary N) is 1. The monoisotopic (exact) mass is 254 g/mol. The zero-order valence-corrected chi connectivity index (χ0v) is 9.65. The first-order chi connectivity index (χ1) is 9.16. The van der Waals surface area contributed by atoms with Gasteiger partial charge in [0.05, 0.1) is 4.92 Å². The van der Waals surface area contributed by atoms with Crippen molar-refractivity contribution in [3.8, 4) is 11.1 Å². The summed E-state index contributed by atoms with van der Waals surface area (Å²) in [4.78, 5) is 14.1. The summed E-state index contributed by atoms with van der Waals surface area (Å²) in [5.41, 5.74) is 7.98. The van der Waals surface area contributed by atoms with Crippen LogP contribution in [0.25, 0.3) is 16.6 Å². The molecule has 0 aliphatic rings. The third kappa shape index (κ3) is 1.77. The van der Waals surface area contributed by atoms with Crippen molar-refractivity contribution >= 4 is 17.0 Å². The second-order valence-corrected chi connectivity index (χ2v) is 3.89. The standard InChI is InChI=1S/C12H8N5O2/c13-12-11-10(5-6-16(11)15-7-14-12)8-1-3-9(4-2-8)17(18)19/h1-4,6-7H,(H2,13,14,15). The second kappa shape index (κ2) is 4.05. The number of anilines is 1. The average Bonchev–Trinajstić information content (AvgIpc) is 2.84. The Kier molecular flexibility index (Phi) is 2.38. The number of rotatable bonds is 2. The van der Waals surface area contributed by atoms with E-state index in [1.54, 1.807) is 22.8 Å². The Hall–Kier alpha value is -2.96. The Morgan fingerprint density at radius 1 is 1.32 bits per heavy atom. The largest absolute Gasteiger partial charge is 0.382 e. The van der Waals surface area contributed by atoms with Crippen LogP contribution in [0.2, 0.25) is 0 Å². The number of fused-ring (bicyclic) bond motifs is 1. The van der Waals surface area contributed by atoms with Gasteiger partial charge in [-0.3, -0.25) is 10.1 Å². The van der Waals surface area contributed by atoms with Crippen molar-refractivity contribution in [1.29, 1.82) is 0 Å². The van der Waals surface area contributed by atoms with E-state index in [2.05, 4.69) is 16.1 Å². The van der Waals surface area contributed by atoms with Crippen LogP contribution in [0.3, 0.4) is 0 Å². The molecule has 0 aliphatic carbocycles. The molecule has 2 aromatic heterocycles. The van der Waals surface area contributed by atoms with Gasteiger partial charge in [0.25, 0.3) is 5.69 Å². The molecule has 0 saturated carbocycles. The number of nitro benzene ring substituents is 1. The summed E-state index contributed by atoms with van der Waals surface area (Å²) in [6.07, 6.45) is 3.00. The van der Waals surface area contributed by atoms with E-state index >= 15 is 0 Å². The fourth-order valence-electron chi connectivity index (χ4n) is 1.88. The Morgan fingerprint density at radius 3 is 2.74 bits per heavy atom. The van der Waals surface area contributed by atoms with E-state index in [0.717, 1.165) is 5.56 Å². The van der Waals surface area contributed by atoms with Crippen molar-refractivity contribution in [1.82, 2.24) is 14.6 Å². The Labute approximate surface area is 107 Å². The minimum atomic E-state index is -0.442. The highest BCUT2D eigenvalue weighted by atomic mass is 16.6. The molecule has 0 saturated heterocycles. The number of nitrogen functional groups attached to an aromatic ring is 1. The molecule has 3 rings (SSSR count). The third-order valence-corrected chi connectivity index (χ3v) is 2.78. The number of aromatic nitrogens is 3.